The molecule has 0 radical (unpaired) electrons. The molecule has 1 aromatic heterocycles. The van der Waals surface area contributed by atoms with E-state index < -0.39 is 0 Å². The van der Waals surface area contributed by atoms with Crippen molar-refractivity contribution in [3.05, 3.63) is 36.4 Å². The Hall–Kier alpha value is -2.10. The first-order valence-corrected chi connectivity index (χ1v) is 6.76. The highest BCUT2D eigenvalue weighted by atomic mass is 15.2. The number of anilines is 2. The summed E-state index contributed by atoms with van der Waals surface area (Å²) in [5.41, 5.74) is 7.09. The average Bonchev–Trinajstić information content (AvgIpc) is 2.37. The Morgan fingerprint density at radius 1 is 1.10 bits per heavy atom. The van der Waals surface area contributed by atoms with Gasteiger partial charge in [0.05, 0.1) is 0 Å². The first-order valence-electron chi connectivity index (χ1n) is 6.76. The van der Waals surface area contributed by atoms with E-state index in [2.05, 4.69) is 35.6 Å². The molecule has 4 nitrogen and oxygen atoms in total. The Morgan fingerprint density at radius 3 is 2.35 bits per heavy atom. The van der Waals surface area contributed by atoms with Gasteiger partial charge in [0.25, 0.3) is 0 Å². The van der Waals surface area contributed by atoms with Crippen molar-refractivity contribution in [3.63, 3.8) is 0 Å². The molecule has 0 fully saturated rings. The molecule has 0 aliphatic rings. The molecule has 1 heterocycles. The second-order valence-corrected chi connectivity index (χ2v) is 6.26. The fourth-order valence-corrected chi connectivity index (χ4v) is 2.16. The van der Waals surface area contributed by atoms with E-state index in [-0.39, 0.29) is 5.41 Å². The van der Waals surface area contributed by atoms with Crippen LogP contribution >= 0.6 is 0 Å². The fraction of sp³-hybridized carbons (Fsp3) is 0.375. The quantitative estimate of drug-likeness (QED) is 0.930. The standard InChI is InChI=1S/C16H22N4/c1-16(2,3)11-20(4)14-10-13(17)18-15(19-14)12-8-6-5-7-9-12/h5-10H,11H2,1-4H3,(H2,17,18,19). The van der Waals surface area contributed by atoms with Crippen molar-refractivity contribution in [3.8, 4) is 11.4 Å². The van der Waals surface area contributed by atoms with Crippen molar-refractivity contribution in [2.24, 2.45) is 5.41 Å². The number of nitrogens with zero attached hydrogens (tertiary/aromatic N) is 3. The van der Waals surface area contributed by atoms with Gasteiger partial charge in [-0.05, 0) is 5.41 Å². The Labute approximate surface area is 120 Å². The van der Waals surface area contributed by atoms with Gasteiger partial charge >= 0.3 is 0 Å². The Kier molecular flexibility index (Phi) is 3.93. The highest BCUT2D eigenvalue weighted by Crippen LogP contribution is 2.23. The number of aromatic nitrogens is 2. The van der Waals surface area contributed by atoms with Crippen LogP contribution in [0.2, 0.25) is 0 Å². The summed E-state index contributed by atoms with van der Waals surface area (Å²) in [5.74, 6) is 2.02. The molecule has 2 rings (SSSR count). The van der Waals surface area contributed by atoms with Crippen molar-refractivity contribution in [1.82, 2.24) is 9.97 Å². The van der Waals surface area contributed by atoms with E-state index in [1.807, 2.05) is 43.4 Å². The summed E-state index contributed by atoms with van der Waals surface area (Å²) in [7, 11) is 2.03. The molecule has 0 aliphatic carbocycles. The topological polar surface area (TPSA) is 55.0 Å². The van der Waals surface area contributed by atoms with Gasteiger partial charge in [-0.15, -0.1) is 0 Å². The molecule has 4 heteroatoms. The first kappa shape index (κ1) is 14.3. The largest absolute Gasteiger partial charge is 0.384 e. The average molecular weight is 270 g/mol. The molecule has 1 aromatic carbocycles. The maximum atomic E-state index is 5.92. The minimum Gasteiger partial charge on any atom is -0.384 e. The predicted octanol–water partition coefficient (Wildman–Crippen LogP) is 3.21. The van der Waals surface area contributed by atoms with Crippen LogP contribution in [0.1, 0.15) is 20.8 Å². The zero-order chi connectivity index (χ0) is 14.8. The lowest BCUT2D eigenvalue weighted by molar-refractivity contribution is 0.418. The third kappa shape index (κ3) is 3.70. The third-order valence-corrected chi connectivity index (χ3v) is 2.87. The van der Waals surface area contributed by atoms with Gasteiger partial charge < -0.3 is 10.6 Å². The number of benzene rings is 1. The molecule has 2 aromatic rings. The molecule has 2 N–H and O–H groups in total. The van der Waals surface area contributed by atoms with E-state index in [0.717, 1.165) is 17.9 Å². The SMILES string of the molecule is CN(CC(C)(C)C)c1cc(N)nc(-c2ccccc2)n1. The van der Waals surface area contributed by atoms with Crippen LogP contribution in [-0.2, 0) is 0 Å². The van der Waals surface area contributed by atoms with Gasteiger partial charge in [-0.2, -0.15) is 0 Å². The summed E-state index contributed by atoms with van der Waals surface area (Å²) in [4.78, 5) is 11.1. The van der Waals surface area contributed by atoms with E-state index in [9.17, 15) is 0 Å². The summed E-state index contributed by atoms with van der Waals surface area (Å²) in [6.45, 7) is 7.50. The molecule has 106 valence electrons. The lowest BCUT2D eigenvalue weighted by atomic mass is 9.96. The molecular weight excluding hydrogens is 248 g/mol. The maximum Gasteiger partial charge on any atom is 0.163 e. The maximum absolute atomic E-state index is 5.92. The van der Waals surface area contributed by atoms with Gasteiger partial charge in [0, 0.05) is 25.2 Å². The first-order chi connectivity index (χ1) is 9.35. The molecule has 0 unspecified atom stereocenters. The number of rotatable bonds is 3. The highest BCUT2D eigenvalue weighted by molar-refractivity contribution is 5.60. The number of nitrogen functional groups attached to an aromatic ring is 1. The molecule has 0 saturated carbocycles. The van der Waals surface area contributed by atoms with Crippen LogP contribution in [0.5, 0.6) is 0 Å². The van der Waals surface area contributed by atoms with Crippen LogP contribution in [-0.4, -0.2) is 23.6 Å². The lowest BCUT2D eigenvalue weighted by Gasteiger charge is -2.27. The minimum atomic E-state index is 0.196. The van der Waals surface area contributed by atoms with Crippen molar-refractivity contribution in [2.75, 3.05) is 24.2 Å². The number of nitrogens with two attached hydrogens (primary N) is 1. The molecule has 0 bridgehead atoms. The van der Waals surface area contributed by atoms with Crippen molar-refractivity contribution in [1.29, 1.82) is 0 Å². The van der Waals surface area contributed by atoms with Crippen LogP contribution in [0.25, 0.3) is 11.4 Å². The lowest BCUT2D eigenvalue weighted by Crippen LogP contribution is -2.30. The zero-order valence-corrected chi connectivity index (χ0v) is 12.6. The van der Waals surface area contributed by atoms with Crippen LogP contribution in [0, 0.1) is 5.41 Å². The van der Waals surface area contributed by atoms with Crippen LogP contribution in [0.15, 0.2) is 36.4 Å². The predicted molar refractivity (Wildman–Crippen MR) is 84.6 cm³/mol. The highest BCUT2D eigenvalue weighted by Gasteiger charge is 2.16. The van der Waals surface area contributed by atoms with Crippen LogP contribution in [0.4, 0.5) is 11.6 Å². The molecule has 0 spiro atoms. The second-order valence-electron chi connectivity index (χ2n) is 6.26. The van der Waals surface area contributed by atoms with Crippen LogP contribution < -0.4 is 10.6 Å². The normalized spacial score (nSPS) is 11.4. The van der Waals surface area contributed by atoms with Gasteiger partial charge in [-0.1, -0.05) is 51.1 Å². The molecule has 0 amide bonds. The molecule has 20 heavy (non-hydrogen) atoms. The van der Waals surface area contributed by atoms with E-state index in [1.165, 1.54) is 0 Å². The smallest absolute Gasteiger partial charge is 0.163 e. The van der Waals surface area contributed by atoms with Gasteiger partial charge in [-0.25, -0.2) is 9.97 Å². The van der Waals surface area contributed by atoms with Crippen molar-refractivity contribution < 1.29 is 0 Å². The number of hydrogen-bond acceptors (Lipinski definition) is 4. The minimum absolute atomic E-state index is 0.196. The fourth-order valence-electron chi connectivity index (χ4n) is 2.16. The summed E-state index contributed by atoms with van der Waals surface area (Å²) < 4.78 is 0. The van der Waals surface area contributed by atoms with Gasteiger partial charge in [-0.3, -0.25) is 0 Å². The third-order valence-electron chi connectivity index (χ3n) is 2.87. The monoisotopic (exact) mass is 270 g/mol. The Morgan fingerprint density at radius 2 is 1.75 bits per heavy atom. The van der Waals surface area contributed by atoms with Gasteiger partial charge in [0.1, 0.15) is 11.6 Å². The van der Waals surface area contributed by atoms with E-state index in [1.54, 1.807) is 0 Å². The summed E-state index contributed by atoms with van der Waals surface area (Å²) >= 11 is 0. The van der Waals surface area contributed by atoms with Crippen molar-refractivity contribution in [2.45, 2.75) is 20.8 Å². The zero-order valence-electron chi connectivity index (χ0n) is 12.6. The second kappa shape index (κ2) is 5.49. The molecule has 0 aliphatic heterocycles. The van der Waals surface area contributed by atoms with Crippen molar-refractivity contribution >= 4 is 11.6 Å². The van der Waals surface area contributed by atoms with Crippen LogP contribution in [0.3, 0.4) is 0 Å². The molecule has 0 saturated heterocycles. The molecule has 0 atom stereocenters. The van der Waals surface area contributed by atoms with Gasteiger partial charge in [0.2, 0.25) is 0 Å². The van der Waals surface area contributed by atoms with E-state index >= 15 is 0 Å². The van der Waals surface area contributed by atoms with Gasteiger partial charge in [0.15, 0.2) is 5.82 Å². The Balaban J connectivity index is 2.34. The van der Waals surface area contributed by atoms with E-state index in [0.29, 0.717) is 11.6 Å². The summed E-state index contributed by atoms with van der Waals surface area (Å²) in [6, 6.07) is 11.7. The molecular formula is C16H22N4. The number of hydrogen-bond donors (Lipinski definition) is 1. The Bertz CT molecular complexity index is 573. The summed E-state index contributed by atoms with van der Waals surface area (Å²) in [5, 5.41) is 0. The summed E-state index contributed by atoms with van der Waals surface area (Å²) in [6.07, 6.45) is 0. The van der Waals surface area contributed by atoms with E-state index in [4.69, 9.17) is 5.73 Å².